The van der Waals surface area contributed by atoms with E-state index in [1.54, 1.807) is 18.2 Å². The minimum Gasteiger partial charge on any atom is -0.507 e. The SMILES string of the molecule is COC(=O)CC(c1ccc(-c2cccc(C(=O)O)c2)o1)c1c(O)cc(C)n(CC(=O)O)c1=O. The van der Waals surface area contributed by atoms with Gasteiger partial charge in [-0.3, -0.25) is 14.4 Å². The fraction of sp³-hybridized carbons (Fsp3) is 0.217. The van der Waals surface area contributed by atoms with Gasteiger partial charge in [0, 0.05) is 11.3 Å². The first-order valence-electron chi connectivity index (χ1n) is 9.77. The van der Waals surface area contributed by atoms with Crippen LogP contribution < -0.4 is 5.56 Å². The summed E-state index contributed by atoms with van der Waals surface area (Å²) in [4.78, 5) is 47.7. The monoisotopic (exact) mass is 455 g/mol. The maximum Gasteiger partial charge on any atom is 0.335 e. The third-order valence-corrected chi connectivity index (χ3v) is 5.13. The Kier molecular flexibility index (Phi) is 6.67. The fourth-order valence-electron chi connectivity index (χ4n) is 3.52. The second-order valence-electron chi connectivity index (χ2n) is 7.29. The lowest BCUT2D eigenvalue weighted by Gasteiger charge is -2.18. The number of methoxy groups -OCH3 is 1. The molecule has 0 radical (unpaired) electrons. The van der Waals surface area contributed by atoms with Gasteiger partial charge in [-0.25, -0.2) is 4.79 Å². The van der Waals surface area contributed by atoms with Crippen LogP contribution in [0, 0.1) is 6.92 Å². The van der Waals surface area contributed by atoms with Crippen LogP contribution in [0.15, 0.2) is 51.7 Å². The van der Waals surface area contributed by atoms with E-state index in [9.17, 15) is 29.4 Å². The van der Waals surface area contributed by atoms with Gasteiger partial charge in [-0.15, -0.1) is 0 Å². The second-order valence-corrected chi connectivity index (χ2v) is 7.29. The molecular weight excluding hydrogens is 434 g/mol. The number of carboxylic acids is 2. The summed E-state index contributed by atoms with van der Waals surface area (Å²) in [6.07, 6.45) is -0.364. The molecule has 0 spiro atoms. The van der Waals surface area contributed by atoms with Crippen LogP contribution in [0.4, 0.5) is 0 Å². The third kappa shape index (κ3) is 4.95. The Balaban J connectivity index is 2.14. The van der Waals surface area contributed by atoms with Crippen LogP contribution in [0.5, 0.6) is 5.75 Å². The van der Waals surface area contributed by atoms with Crippen molar-refractivity contribution in [1.82, 2.24) is 4.57 Å². The number of aliphatic carboxylic acids is 1. The number of nitrogens with zero attached hydrogens (tertiary/aromatic N) is 1. The molecule has 1 atom stereocenters. The Hall–Kier alpha value is -4.34. The van der Waals surface area contributed by atoms with Crippen molar-refractivity contribution in [3.63, 3.8) is 0 Å². The van der Waals surface area contributed by atoms with E-state index in [1.807, 2.05) is 0 Å². The van der Waals surface area contributed by atoms with Crippen molar-refractivity contribution in [3.8, 4) is 17.1 Å². The van der Waals surface area contributed by atoms with Crippen molar-refractivity contribution in [2.45, 2.75) is 25.8 Å². The third-order valence-electron chi connectivity index (χ3n) is 5.13. The van der Waals surface area contributed by atoms with E-state index in [2.05, 4.69) is 0 Å². The minimum absolute atomic E-state index is 0.0456. The smallest absolute Gasteiger partial charge is 0.335 e. The molecule has 10 nitrogen and oxygen atoms in total. The number of aromatic carboxylic acids is 1. The molecule has 3 aromatic rings. The molecule has 0 amide bonds. The number of furan rings is 1. The average Bonchev–Trinajstić information content (AvgIpc) is 3.25. The predicted octanol–water partition coefficient (Wildman–Crippen LogP) is 2.60. The Bertz CT molecular complexity index is 1290. The number of rotatable bonds is 8. The minimum atomic E-state index is -1.25. The van der Waals surface area contributed by atoms with Crippen LogP contribution in [0.25, 0.3) is 11.3 Å². The summed E-state index contributed by atoms with van der Waals surface area (Å²) < 4.78 is 11.6. The van der Waals surface area contributed by atoms with Gasteiger partial charge in [0.2, 0.25) is 0 Å². The first kappa shape index (κ1) is 23.3. The number of hydrogen-bond donors (Lipinski definition) is 3. The van der Waals surface area contributed by atoms with Gasteiger partial charge in [-0.2, -0.15) is 0 Å². The number of aromatic hydroxyl groups is 1. The number of carboxylic acid groups (broad SMARTS) is 2. The van der Waals surface area contributed by atoms with Gasteiger partial charge in [-0.05, 0) is 37.3 Å². The number of benzene rings is 1. The van der Waals surface area contributed by atoms with Crippen molar-refractivity contribution in [1.29, 1.82) is 0 Å². The molecule has 33 heavy (non-hydrogen) atoms. The van der Waals surface area contributed by atoms with Crippen molar-refractivity contribution in [2.75, 3.05) is 7.11 Å². The highest BCUT2D eigenvalue weighted by atomic mass is 16.5. The van der Waals surface area contributed by atoms with Gasteiger partial charge in [-0.1, -0.05) is 12.1 Å². The molecule has 3 N–H and O–H groups in total. The summed E-state index contributed by atoms with van der Waals surface area (Å²) in [5.74, 6) is -4.14. The van der Waals surface area contributed by atoms with Crippen LogP contribution >= 0.6 is 0 Å². The van der Waals surface area contributed by atoms with Gasteiger partial charge in [0.05, 0.1) is 30.6 Å². The zero-order valence-electron chi connectivity index (χ0n) is 17.8. The summed E-state index contributed by atoms with van der Waals surface area (Å²) in [6.45, 7) is 0.845. The van der Waals surface area contributed by atoms with E-state index >= 15 is 0 Å². The van der Waals surface area contributed by atoms with E-state index in [1.165, 1.54) is 38.3 Å². The van der Waals surface area contributed by atoms with E-state index in [0.29, 0.717) is 5.56 Å². The highest BCUT2D eigenvalue weighted by molar-refractivity contribution is 5.89. The Morgan fingerprint density at radius 1 is 1.12 bits per heavy atom. The first-order valence-corrected chi connectivity index (χ1v) is 9.77. The summed E-state index contributed by atoms with van der Waals surface area (Å²) in [6, 6.07) is 10.3. The van der Waals surface area contributed by atoms with Gasteiger partial charge in [0.1, 0.15) is 23.8 Å². The largest absolute Gasteiger partial charge is 0.507 e. The highest BCUT2D eigenvalue weighted by Crippen LogP contribution is 2.35. The molecule has 3 rings (SSSR count). The van der Waals surface area contributed by atoms with Crippen molar-refractivity contribution in [2.24, 2.45) is 0 Å². The Morgan fingerprint density at radius 3 is 2.48 bits per heavy atom. The number of pyridine rings is 1. The summed E-state index contributed by atoms with van der Waals surface area (Å²) >= 11 is 0. The molecule has 0 saturated carbocycles. The molecule has 0 fully saturated rings. The summed E-state index contributed by atoms with van der Waals surface area (Å²) in [5.41, 5.74) is -0.271. The number of aromatic nitrogens is 1. The molecule has 0 aliphatic rings. The molecule has 0 aliphatic heterocycles. The number of aryl methyl sites for hydroxylation is 1. The van der Waals surface area contributed by atoms with Gasteiger partial charge < -0.3 is 29.0 Å². The van der Waals surface area contributed by atoms with E-state index in [4.69, 9.17) is 14.3 Å². The van der Waals surface area contributed by atoms with E-state index in [-0.39, 0.29) is 34.8 Å². The number of carbonyl (C=O) groups is 3. The molecule has 2 heterocycles. The van der Waals surface area contributed by atoms with Crippen LogP contribution in [-0.2, 0) is 20.9 Å². The van der Waals surface area contributed by atoms with Crippen LogP contribution in [0.3, 0.4) is 0 Å². The molecule has 1 unspecified atom stereocenters. The normalized spacial score (nSPS) is 11.7. The zero-order valence-corrected chi connectivity index (χ0v) is 17.8. The molecular formula is C23H21NO9. The first-order chi connectivity index (χ1) is 15.6. The number of esters is 1. The Morgan fingerprint density at radius 2 is 1.85 bits per heavy atom. The van der Waals surface area contributed by atoms with Crippen molar-refractivity contribution in [3.05, 3.63) is 75.4 Å². The maximum atomic E-state index is 13.1. The van der Waals surface area contributed by atoms with Gasteiger partial charge in [0.15, 0.2) is 0 Å². The fourth-order valence-corrected chi connectivity index (χ4v) is 3.52. The van der Waals surface area contributed by atoms with E-state index in [0.717, 1.165) is 4.57 Å². The quantitative estimate of drug-likeness (QED) is 0.434. The predicted molar refractivity (Wildman–Crippen MR) is 114 cm³/mol. The van der Waals surface area contributed by atoms with Gasteiger partial charge in [0.25, 0.3) is 5.56 Å². The molecule has 0 bridgehead atoms. The molecule has 10 heteroatoms. The lowest BCUT2D eigenvalue weighted by atomic mass is 9.93. The standard InChI is InChI=1S/C23H21NO9/c1-12-8-16(25)21(22(29)24(12)11-19(26)27)15(10-20(28)32-2)18-7-6-17(33-18)13-4-3-5-14(9-13)23(30)31/h3-9,15,25H,10-11H2,1-2H3,(H,26,27)(H,30,31). The molecule has 2 aromatic heterocycles. The van der Waals surface area contributed by atoms with Crippen LogP contribution in [0.2, 0.25) is 0 Å². The zero-order chi connectivity index (χ0) is 24.3. The Labute approximate surface area is 187 Å². The number of ether oxygens (including phenoxy) is 1. The molecule has 1 aromatic carbocycles. The number of hydrogen-bond acceptors (Lipinski definition) is 7. The topological polar surface area (TPSA) is 156 Å². The average molecular weight is 455 g/mol. The second kappa shape index (κ2) is 9.43. The van der Waals surface area contributed by atoms with E-state index < -0.39 is 41.7 Å². The maximum absolute atomic E-state index is 13.1. The molecule has 0 saturated heterocycles. The summed E-state index contributed by atoms with van der Waals surface area (Å²) in [5, 5.41) is 28.9. The van der Waals surface area contributed by atoms with Crippen LogP contribution in [-0.4, -0.2) is 44.9 Å². The van der Waals surface area contributed by atoms with Crippen molar-refractivity contribution >= 4 is 17.9 Å². The molecule has 0 aliphatic carbocycles. The summed E-state index contributed by atoms with van der Waals surface area (Å²) in [7, 11) is 1.17. The lowest BCUT2D eigenvalue weighted by molar-refractivity contribution is -0.141. The van der Waals surface area contributed by atoms with Gasteiger partial charge >= 0.3 is 17.9 Å². The van der Waals surface area contributed by atoms with Crippen molar-refractivity contribution < 1.29 is 38.9 Å². The lowest BCUT2D eigenvalue weighted by Crippen LogP contribution is -2.30. The highest BCUT2D eigenvalue weighted by Gasteiger charge is 2.29. The molecule has 172 valence electrons. The number of carbonyl (C=O) groups excluding carboxylic acids is 1. The van der Waals surface area contributed by atoms with Crippen LogP contribution in [0.1, 0.15) is 39.7 Å².